The molecule has 0 atom stereocenters. The highest BCUT2D eigenvalue weighted by atomic mass is 32.2. The first-order valence-electron chi connectivity index (χ1n) is 4.88. The van der Waals surface area contributed by atoms with Crippen molar-refractivity contribution in [2.45, 2.75) is 45.3 Å². The molecule has 0 spiro atoms. The van der Waals surface area contributed by atoms with E-state index in [2.05, 4.69) is 6.92 Å². The van der Waals surface area contributed by atoms with Crippen LogP contribution in [0.5, 0.6) is 0 Å². The van der Waals surface area contributed by atoms with Gasteiger partial charge >= 0.3 is 0 Å². The van der Waals surface area contributed by atoms with E-state index in [0.29, 0.717) is 6.54 Å². The molecule has 13 heavy (non-hydrogen) atoms. The first kappa shape index (κ1) is 12.9. The van der Waals surface area contributed by atoms with Crippen molar-refractivity contribution in [3.05, 3.63) is 0 Å². The number of sulfonamides is 1. The molecule has 0 aromatic carbocycles. The van der Waals surface area contributed by atoms with Crippen LogP contribution in [0, 0.1) is 0 Å². The van der Waals surface area contributed by atoms with Crippen LogP contribution in [0.2, 0.25) is 0 Å². The van der Waals surface area contributed by atoms with E-state index in [0.717, 1.165) is 19.3 Å². The summed E-state index contributed by atoms with van der Waals surface area (Å²) in [5.41, 5.74) is 0. The molecule has 0 amide bonds. The van der Waals surface area contributed by atoms with E-state index in [1.807, 2.05) is 0 Å². The quantitative estimate of drug-likeness (QED) is 0.623. The summed E-state index contributed by atoms with van der Waals surface area (Å²) in [4.78, 5) is 0. The van der Waals surface area contributed by atoms with Crippen molar-refractivity contribution >= 4 is 10.0 Å². The van der Waals surface area contributed by atoms with Gasteiger partial charge in [-0.25, -0.2) is 12.7 Å². The molecular formula is C9H21NO2S. The van der Waals surface area contributed by atoms with Gasteiger partial charge in [0.2, 0.25) is 10.0 Å². The standard InChI is InChI=1S/C9H21NO2S/c1-5-6-7-8-10(4)13(11,12)9(2)3/h9H,5-8H2,1-4H3. The fourth-order valence-electron chi connectivity index (χ4n) is 1.07. The maximum Gasteiger partial charge on any atom is 0.216 e. The summed E-state index contributed by atoms with van der Waals surface area (Å²) in [5.74, 6) is 0. The van der Waals surface area contributed by atoms with Crippen LogP contribution in [-0.2, 0) is 10.0 Å². The van der Waals surface area contributed by atoms with Crippen molar-refractivity contribution in [1.82, 2.24) is 4.31 Å². The molecule has 3 nitrogen and oxygen atoms in total. The Morgan fingerprint density at radius 3 is 2.15 bits per heavy atom. The monoisotopic (exact) mass is 207 g/mol. The van der Waals surface area contributed by atoms with Crippen LogP contribution in [-0.4, -0.2) is 31.6 Å². The van der Waals surface area contributed by atoms with Crippen molar-refractivity contribution < 1.29 is 8.42 Å². The van der Waals surface area contributed by atoms with Gasteiger partial charge < -0.3 is 0 Å². The molecule has 0 rings (SSSR count). The number of nitrogens with zero attached hydrogens (tertiary/aromatic N) is 1. The van der Waals surface area contributed by atoms with Gasteiger partial charge in [0.25, 0.3) is 0 Å². The number of hydrogen-bond acceptors (Lipinski definition) is 2. The zero-order valence-electron chi connectivity index (χ0n) is 9.08. The van der Waals surface area contributed by atoms with Crippen LogP contribution in [0.4, 0.5) is 0 Å². The second-order valence-corrected chi connectivity index (χ2v) is 6.22. The van der Waals surface area contributed by atoms with E-state index < -0.39 is 10.0 Å². The molecule has 0 fully saturated rings. The molecule has 0 heterocycles. The van der Waals surface area contributed by atoms with Crippen LogP contribution in [0.15, 0.2) is 0 Å². The maximum absolute atomic E-state index is 11.6. The van der Waals surface area contributed by atoms with Crippen LogP contribution in [0.25, 0.3) is 0 Å². The summed E-state index contributed by atoms with van der Waals surface area (Å²) in [6.07, 6.45) is 3.17. The lowest BCUT2D eigenvalue weighted by Gasteiger charge is -2.19. The van der Waals surface area contributed by atoms with Gasteiger partial charge in [-0.15, -0.1) is 0 Å². The number of rotatable bonds is 6. The topological polar surface area (TPSA) is 37.4 Å². The average Bonchev–Trinajstić information content (AvgIpc) is 2.04. The zero-order chi connectivity index (χ0) is 10.5. The van der Waals surface area contributed by atoms with E-state index in [4.69, 9.17) is 0 Å². The predicted octanol–water partition coefficient (Wildman–Crippen LogP) is 1.85. The van der Waals surface area contributed by atoms with Gasteiger partial charge in [0, 0.05) is 13.6 Å². The Labute approximate surface area is 82.2 Å². The van der Waals surface area contributed by atoms with Crippen molar-refractivity contribution in [3.63, 3.8) is 0 Å². The van der Waals surface area contributed by atoms with E-state index in [-0.39, 0.29) is 5.25 Å². The van der Waals surface area contributed by atoms with Crippen LogP contribution < -0.4 is 0 Å². The minimum absolute atomic E-state index is 0.306. The number of hydrogen-bond donors (Lipinski definition) is 0. The third-order valence-corrected chi connectivity index (χ3v) is 4.35. The van der Waals surface area contributed by atoms with Gasteiger partial charge in [-0.2, -0.15) is 0 Å². The summed E-state index contributed by atoms with van der Waals surface area (Å²) in [6.45, 7) is 6.18. The molecule has 0 unspecified atom stereocenters. The number of unbranched alkanes of at least 4 members (excludes halogenated alkanes) is 2. The average molecular weight is 207 g/mol. The molecular weight excluding hydrogens is 186 g/mol. The van der Waals surface area contributed by atoms with Crippen molar-refractivity contribution in [2.75, 3.05) is 13.6 Å². The van der Waals surface area contributed by atoms with Crippen LogP contribution in [0.3, 0.4) is 0 Å². The van der Waals surface area contributed by atoms with Gasteiger partial charge in [0.15, 0.2) is 0 Å². The molecule has 0 aromatic rings. The Bertz CT molecular complexity index is 222. The van der Waals surface area contributed by atoms with Gasteiger partial charge in [0.05, 0.1) is 5.25 Å². The van der Waals surface area contributed by atoms with Crippen LogP contribution in [0.1, 0.15) is 40.0 Å². The Kier molecular flexibility index (Phi) is 5.56. The molecule has 0 bridgehead atoms. The highest BCUT2D eigenvalue weighted by Gasteiger charge is 2.20. The zero-order valence-corrected chi connectivity index (χ0v) is 9.89. The SMILES string of the molecule is CCCCCN(C)S(=O)(=O)C(C)C. The second-order valence-electron chi connectivity index (χ2n) is 3.62. The molecule has 0 aliphatic heterocycles. The van der Waals surface area contributed by atoms with Crippen molar-refractivity contribution in [2.24, 2.45) is 0 Å². The molecule has 0 N–H and O–H groups in total. The summed E-state index contributed by atoms with van der Waals surface area (Å²) in [6, 6.07) is 0. The van der Waals surface area contributed by atoms with Gasteiger partial charge in [-0.05, 0) is 20.3 Å². The summed E-state index contributed by atoms with van der Waals surface area (Å²) < 4.78 is 24.6. The van der Waals surface area contributed by atoms with Crippen LogP contribution >= 0.6 is 0 Å². The first-order valence-corrected chi connectivity index (χ1v) is 6.38. The normalized spacial score (nSPS) is 12.8. The fraction of sp³-hybridized carbons (Fsp3) is 1.00. The molecule has 0 saturated heterocycles. The Morgan fingerprint density at radius 2 is 1.77 bits per heavy atom. The Morgan fingerprint density at radius 1 is 1.23 bits per heavy atom. The molecule has 0 saturated carbocycles. The lowest BCUT2D eigenvalue weighted by atomic mass is 10.2. The highest BCUT2D eigenvalue weighted by Crippen LogP contribution is 2.07. The maximum atomic E-state index is 11.6. The lowest BCUT2D eigenvalue weighted by Crippen LogP contribution is -2.33. The lowest BCUT2D eigenvalue weighted by molar-refractivity contribution is 0.448. The summed E-state index contributed by atoms with van der Waals surface area (Å²) in [7, 11) is -1.37. The highest BCUT2D eigenvalue weighted by molar-refractivity contribution is 7.89. The molecule has 4 heteroatoms. The fourth-order valence-corrected chi connectivity index (χ4v) is 2.17. The largest absolute Gasteiger partial charge is 0.216 e. The van der Waals surface area contributed by atoms with E-state index in [1.54, 1.807) is 20.9 Å². The summed E-state index contributed by atoms with van der Waals surface area (Å²) >= 11 is 0. The third kappa shape index (κ3) is 4.09. The molecule has 0 aliphatic carbocycles. The third-order valence-electron chi connectivity index (χ3n) is 2.11. The Balaban J connectivity index is 4.03. The van der Waals surface area contributed by atoms with Gasteiger partial charge in [0.1, 0.15) is 0 Å². The minimum atomic E-state index is -3.02. The van der Waals surface area contributed by atoms with Crippen molar-refractivity contribution in [3.8, 4) is 0 Å². The predicted molar refractivity (Wildman–Crippen MR) is 56.2 cm³/mol. The van der Waals surface area contributed by atoms with E-state index in [1.165, 1.54) is 4.31 Å². The van der Waals surface area contributed by atoms with Crippen molar-refractivity contribution in [1.29, 1.82) is 0 Å². The molecule has 0 aliphatic rings. The second kappa shape index (κ2) is 5.60. The van der Waals surface area contributed by atoms with E-state index in [9.17, 15) is 8.42 Å². The smallest absolute Gasteiger partial charge is 0.212 e. The molecule has 0 radical (unpaired) electrons. The summed E-state index contributed by atoms with van der Waals surface area (Å²) in [5, 5.41) is -0.306. The Hall–Kier alpha value is -0.0900. The van der Waals surface area contributed by atoms with E-state index >= 15 is 0 Å². The van der Waals surface area contributed by atoms with Gasteiger partial charge in [-0.1, -0.05) is 19.8 Å². The minimum Gasteiger partial charge on any atom is -0.212 e. The molecule has 80 valence electrons. The molecule has 0 aromatic heterocycles. The first-order chi connectivity index (χ1) is 5.92. The van der Waals surface area contributed by atoms with Gasteiger partial charge in [-0.3, -0.25) is 0 Å².